The summed E-state index contributed by atoms with van der Waals surface area (Å²) in [5, 5.41) is 7.19. The van der Waals surface area contributed by atoms with Gasteiger partial charge in [0.1, 0.15) is 5.82 Å². The van der Waals surface area contributed by atoms with Crippen LogP contribution < -0.4 is 11.1 Å². The minimum atomic E-state index is -0.269. The number of hydrogen-bond acceptors (Lipinski definition) is 4. The lowest BCUT2D eigenvalue weighted by atomic mass is 10.0. The Hall–Kier alpha value is -1.92. The molecule has 7 heteroatoms. The molecular formula is C17H26ClN5O. The zero-order valence-electron chi connectivity index (χ0n) is 14.6. The zero-order chi connectivity index (χ0) is 17.0. The summed E-state index contributed by atoms with van der Waals surface area (Å²) >= 11 is 0. The minimum absolute atomic E-state index is 0. The van der Waals surface area contributed by atoms with Gasteiger partial charge < -0.3 is 11.1 Å². The van der Waals surface area contributed by atoms with Crippen LogP contribution in [0.25, 0.3) is 5.69 Å². The van der Waals surface area contributed by atoms with Gasteiger partial charge in [-0.25, -0.2) is 9.67 Å². The number of aryl methyl sites for hydroxylation is 1. The van der Waals surface area contributed by atoms with Crippen LogP contribution in [0, 0.1) is 6.92 Å². The number of benzene rings is 1. The van der Waals surface area contributed by atoms with Gasteiger partial charge in [-0.3, -0.25) is 4.79 Å². The number of para-hydroxylation sites is 1. The van der Waals surface area contributed by atoms with Gasteiger partial charge in [0.15, 0.2) is 0 Å². The predicted molar refractivity (Wildman–Crippen MR) is 98.0 cm³/mol. The Morgan fingerprint density at radius 1 is 1.29 bits per heavy atom. The molecule has 1 amide bonds. The molecule has 1 aromatic carbocycles. The number of carbonyl (C=O) groups excluding carboxylic acids is 1. The minimum Gasteiger partial charge on any atom is -0.349 e. The highest BCUT2D eigenvalue weighted by Gasteiger charge is 2.17. The second kappa shape index (κ2) is 8.80. The normalized spacial score (nSPS) is 11.9. The highest BCUT2D eigenvalue weighted by molar-refractivity contribution is 5.90. The van der Waals surface area contributed by atoms with Gasteiger partial charge >= 0.3 is 0 Å². The first-order chi connectivity index (χ1) is 10.9. The highest BCUT2D eigenvalue weighted by atomic mass is 35.5. The van der Waals surface area contributed by atoms with Crippen LogP contribution in [-0.2, 0) is 0 Å². The molecule has 0 aliphatic rings. The summed E-state index contributed by atoms with van der Waals surface area (Å²) in [6.07, 6.45) is 0.724. The van der Waals surface area contributed by atoms with Crippen LogP contribution in [0.5, 0.6) is 0 Å². The average Bonchev–Trinajstić information content (AvgIpc) is 2.88. The van der Waals surface area contributed by atoms with Gasteiger partial charge in [0.2, 0.25) is 5.82 Å². The summed E-state index contributed by atoms with van der Waals surface area (Å²) in [5.41, 5.74) is 7.81. The first-order valence-electron chi connectivity index (χ1n) is 7.97. The van der Waals surface area contributed by atoms with E-state index in [4.69, 9.17) is 5.73 Å². The Balaban J connectivity index is 0.00000288. The van der Waals surface area contributed by atoms with Gasteiger partial charge in [-0.15, -0.1) is 17.5 Å². The monoisotopic (exact) mass is 351 g/mol. The van der Waals surface area contributed by atoms with Crippen LogP contribution in [0.2, 0.25) is 0 Å². The molecule has 1 unspecified atom stereocenters. The van der Waals surface area contributed by atoms with Crippen molar-refractivity contribution in [1.82, 2.24) is 20.1 Å². The van der Waals surface area contributed by atoms with Crippen molar-refractivity contribution in [2.45, 2.75) is 46.1 Å². The number of amides is 1. The molecule has 2 rings (SSSR count). The van der Waals surface area contributed by atoms with Gasteiger partial charge in [0.25, 0.3) is 5.91 Å². The maximum absolute atomic E-state index is 12.2. The second-order valence-corrected chi connectivity index (χ2v) is 6.13. The number of aromatic nitrogens is 3. The number of nitrogens with zero attached hydrogens (tertiary/aromatic N) is 3. The maximum Gasteiger partial charge on any atom is 0.290 e. The van der Waals surface area contributed by atoms with Crippen LogP contribution in [0.1, 0.15) is 55.1 Å². The summed E-state index contributed by atoms with van der Waals surface area (Å²) in [7, 11) is 0. The average molecular weight is 352 g/mol. The van der Waals surface area contributed by atoms with E-state index in [2.05, 4.69) is 35.3 Å². The third-order valence-electron chi connectivity index (χ3n) is 3.64. The predicted octanol–water partition coefficient (Wildman–Crippen LogP) is 2.59. The molecule has 2 aromatic rings. The van der Waals surface area contributed by atoms with E-state index in [0.29, 0.717) is 18.3 Å². The van der Waals surface area contributed by atoms with Crippen molar-refractivity contribution in [2.24, 2.45) is 5.73 Å². The second-order valence-electron chi connectivity index (χ2n) is 6.13. The SMILES string of the molecule is Cc1nc(C(=O)NCCC(C)N)nn1-c1ccccc1C(C)C.Cl. The van der Waals surface area contributed by atoms with Crippen molar-refractivity contribution in [2.75, 3.05) is 6.54 Å². The van der Waals surface area contributed by atoms with E-state index in [1.807, 2.05) is 32.0 Å². The Morgan fingerprint density at radius 2 is 1.96 bits per heavy atom. The van der Waals surface area contributed by atoms with Crippen molar-refractivity contribution in [3.05, 3.63) is 41.5 Å². The topological polar surface area (TPSA) is 85.8 Å². The summed E-state index contributed by atoms with van der Waals surface area (Å²) < 4.78 is 1.73. The molecule has 132 valence electrons. The molecule has 0 fully saturated rings. The van der Waals surface area contributed by atoms with Crippen molar-refractivity contribution >= 4 is 18.3 Å². The van der Waals surface area contributed by atoms with E-state index >= 15 is 0 Å². The van der Waals surface area contributed by atoms with Crippen molar-refractivity contribution < 1.29 is 4.79 Å². The quantitative estimate of drug-likeness (QED) is 0.837. The third kappa shape index (κ3) is 4.79. The zero-order valence-corrected chi connectivity index (χ0v) is 15.4. The smallest absolute Gasteiger partial charge is 0.290 e. The molecule has 1 atom stereocenters. The molecular weight excluding hydrogens is 326 g/mol. The van der Waals surface area contributed by atoms with Gasteiger partial charge in [0.05, 0.1) is 5.69 Å². The Kier molecular flexibility index (Phi) is 7.38. The molecule has 0 radical (unpaired) electrons. The molecule has 1 aromatic heterocycles. The van der Waals surface area contributed by atoms with Gasteiger partial charge in [0, 0.05) is 12.6 Å². The lowest BCUT2D eigenvalue weighted by molar-refractivity contribution is 0.0942. The van der Waals surface area contributed by atoms with E-state index < -0.39 is 0 Å². The maximum atomic E-state index is 12.2. The van der Waals surface area contributed by atoms with E-state index in [1.54, 1.807) is 4.68 Å². The van der Waals surface area contributed by atoms with Gasteiger partial charge in [-0.1, -0.05) is 32.0 Å². The number of nitrogens with two attached hydrogens (primary N) is 1. The van der Waals surface area contributed by atoms with E-state index in [9.17, 15) is 4.79 Å². The summed E-state index contributed by atoms with van der Waals surface area (Å²) in [6, 6.07) is 8.09. The van der Waals surface area contributed by atoms with Crippen molar-refractivity contribution in [1.29, 1.82) is 0 Å². The van der Waals surface area contributed by atoms with E-state index in [0.717, 1.165) is 12.1 Å². The number of halogens is 1. The van der Waals surface area contributed by atoms with Crippen LogP contribution in [-0.4, -0.2) is 33.3 Å². The number of nitrogens with one attached hydrogen (secondary N) is 1. The first kappa shape index (κ1) is 20.1. The molecule has 0 saturated carbocycles. The van der Waals surface area contributed by atoms with Gasteiger partial charge in [-0.2, -0.15) is 0 Å². The highest BCUT2D eigenvalue weighted by Crippen LogP contribution is 2.23. The van der Waals surface area contributed by atoms with E-state index in [-0.39, 0.29) is 30.2 Å². The number of hydrogen-bond donors (Lipinski definition) is 2. The Morgan fingerprint density at radius 3 is 2.58 bits per heavy atom. The fraction of sp³-hybridized carbons (Fsp3) is 0.471. The standard InChI is InChI=1S/C17H25N5O.ClH/c1-11(2)14-7-5-6-8-15(14)22-13(4)20-16(21-22)17(23)19-10-9-12(3)18;/h5-8,11-12H,9-10,18H2,1-4H3,(H,19,23);1H. The Bertz CT molecular complexity index is 681. The number of rotatable bonds is 6. The molecule has 1 heterocycles. The molecule has 0 bridgehead atoms. The van der Waals surface area contributed by atoms with Crippen LogP contribution in [0.4, 0.5) is 0 Å². The molecule has 0 spiro atoms. The fourth-order valence-corrected chi connectivity index (χ4v) is 2.38. The van der Waals surface area contributed by atoms with Crippen molar-refractivity contribution in [3.8, 4) is 5.69 Å². The van der Waals surface area contributed by atoms with Crippen molar-refractivity contribution in [3.63, 3.8) is 0 Å². The lowest BCUT2D eigenvalue weighted by Crippen LogP contribution is -2.29. The molecule has 6 nitrogen and oxygen atoms in total. The lowest BCUT2D eigenvalue weighted by Gasteiger charge is -2.12. The Labute approximate surface area is 149 Å². The molecule has 3 N–H and O–H groups in total. The largest absolute Gasteiger partial charge is 0.349 e. The fourth-order valence-electron chi connectivity index (χ4n) is 2.38. The van der Waals surface area contributed by atoms with E-state index in [1.165, 1.54) is 5.56 Å². The van der Waals surface area contributed by atoms with Crippen LogP contribution >= 0.6 is 12.4 Å². The molecule has 24 heavy (non-hydrogen) atoms. The van der Waals surface area contributed by atoms with Crippen LogP contribution in [0.3, 0.4) is 0 Å². The number of carbonyl (C=O) groups is 1. The van der Waals surface area contributed by atoms with Gasteiger partial charge in [-0.05, 0) is 37.8 Å². The summed E-state index contributed by atoms with van der Waals surface area (Å²) in [6.45, 7) is 8.54. The molecule has 0 aliphatic carbocycles. The third-order valence-corrected chi connectivity index (χ3v) is 3.64. The molecule has 0 aliphatic heterocycles. The summed E-state index contributed by atoms with van der Waals surface area (Å²) in [5.74, 6) is 0.967. The van der Waals surface area contributed by atoms with Crippen LogP contribution in [0.15, 0.2) is 24.3 Å². The molecule has 0 saturated heterocycles. The first-order valence-corrected chi connectivity index (χ1v) is 7.97. The summed E-state index contributed by atoms with van der Waals surface area (Å²) in [4.78, 5) is 16.4.